The zero-order valence-electron chi connectivity index (χ0n) is 13.6. The standard InChI is InChI=1S/C19H18ClN3O2/c20-16-8-6-14(7-9-16)12-13-21-17(24)10-11-18-22-23-19(25-18)15-4-2-1-3-5-15/h1-9H,10-13H2,(H,21,24). The zero-order chi connectivity index (χ0) is 17.5. The van der Waals surface area contributed by atoms with Gasteiger partial charge in [-0.25, -0.2) is 0 Å². The predicted molar refractivity (Wildman–Crippen MR) is 96.2 cm³/mol. The molecule has 0 aliphatic carbocycles. The van der Waals surface area contributed by atoms with Crippen LogP contribution in [0, 0.1) is 0 Å². The van der Waals surface area contributed by atoms with Crippen LogP contribution in [0.5, 0.6) is 0 Å². The van der Waals surface area contributed by atoms with Crippen LogP contribution in [0.25, 0.3) is 11.5 Å². The van der Waals surface area contributed by atoms with Crippen molar-refractivity contribution in [1.29, 1.82) is 0 Å². The summed E-state index contributed by atoms with van der Waals surface area (Å²) in [5.74, 6) is 0.902. The Kier molecular flexibility index (Phi) is 5.80. The molecule has 3 rings (SSSR count). The molecule has 3 aromatic rings. The van der Waals surface area contributed by atoms with Crippen LogP contribution in [0.3, 0.4) is 0 Å². The highest BCUT2D eigenvalue weighted by Gasteiger charge is 2.10. The molecule has 0 spiro atoms. The van der Waals surface area contributed by atoms with E-state index in [1.54, 1.807) is 0 Å². The Hall–Kier alpha value is -2.66. The summed E-state index contributed by atoms with van der Waals surface area (Å²) < 4.78 is 5.59. The Bertz CT molecular complexity index is 816. The number of aromatic nitrogens is 2. The van der Waals surface area contributed by atoms with Crippen molar-refractivity contribution in [3.8, 4) is 11.5 Å². The average Bonchev–Trinajstić information content (AvgIpc) is 3.11. The SMILES string of the molecule is O=C(CCc1nnc(-c2ccccc2)o1)NCCc1ccc(Cl)cc1. The first-order chi connectivity index (χ1) is 12.2. The van der Waals surface area contributed by atoms with E-state index in [1.807, 2.05) is 54.6 Å². The third-order valence-electron chi connectivity index (χ3n) is 3.70. The number of halogens is 1. The van der Waals surface area contributed by atoms with Crippen molar-refractivity contribution in [3.63, 3.8) is 0 Å². The van der Waals surface area contributed by atoms with Crippen molar-refractivity contribution in [2.24, 2.45) is 0 Å². The van der Waals surface area contributed by atoms with Crippen molar-refractivity contribution in [3.05, 3.63) is 71.1 Å². The molecule has 1 N–H and O–H groups in total. The number of aryl methyl sites for hydroxylation is 1. The summed E-state index contributed by atoms with van der Waals surface area (Å²) in [6, 6.07) is 17.2. The fraction of sp³-hybridized carbons (Fsp3) is 0.211. The third kappa shape index (κ3) is 5.16. The topological polar surface area (TPSA) is 68.0 Å². The van der Waals surface area contributed by atoms with Gasteiger partial charge in [0.25, 0.3) is 0 Å². The van der Waals surface area contributed by atoms with E-state index >= 15 is 0 Å². The lowest BCUT2D eigenvalue weighted by atomic mass is 10.1. The van der Waals surface area contributed by atoms with Gasteiger partial charge in [-0.15, -0.1) is 10.2 Å². The van der Waals surface area contributed by atoms with Crippen molar-refractivity contribution < 1.29 is 9.21 Å². The minimum Gasteiger partial charge on any atom is -0.421 e. The van der Waals surface area contributed by atoms with Crippen molar-refractivity contribution in [2.75, 3.05) is 6.54 Å². The van der Waals surface area contributed by atoms with Gasteiger partial charge in [-0.05, 0) is 36.2 Å². The molecule has 6 heteroatoms. The molecule has 2 aromatic carbocycles. The summed E-state index contributed by atoms with van der Waals surface area (Å²) in [5, 5.41) is 11.6. The summed E-state index contributed by atoms with van der Waals surface area (Å²) in [7, 11) is 0. The fourth-order valence-corrected chi connectivity index (χ4v) is 2.48. The van der Waals surface area contributed by atoms with Crippen LogP contribution in [0.1, 0.15) is 17.9 Å². The van der Waals surface area contributed by atoms with Gasteiger partial charge in [0.05, 0.1) is 0 Å². The Balaban J connectivity index is 1.42. The Morgan fingerprint density at radius 2 is 1.76 bits per heavy atom. The summed E-state index contributed by atoms with van der Waals surface area (Å²) >= 11 is 5.85. The molecule has 0 saturated carbocycles. The van der Waals surface area contributed by atoms with E-state index in [-0.39, 0.29) is 5.91 Å². The quantitative estimate of drug-likeness (QED) is 0.702. The van der Waals surface area contributed by atoms with Gasteiger partial charge in [-0.3, -0.25) is 4.79 Å². The molecule has 1 aromatic heterocycles. The van der Waals surface area contributed by atoms with E-state index in [1.165, 1.54) is 0 Å². The Morgan fingerprint density at radius 1 is 1.00 bits per heavy atom. The maximum Gasteiger partial charge on any atom is 0.247 e. The largest absolute Gasteiger partial charge is 0.421 e. The van der Waals surface area contributed by atoms with Gasteiger partial charge in [-0.1, -0.05) is 41.9 Å². The smallest absolute Gasteiger partial charge is 0.247 e. The van der Waals surface area contributed by atoms with E-state index in [0.29, 0.717) is 36.2 Å². The Labute approximate surface area is 151 Å². The summed E-state index contributed by atoms with van der Waals surface area (Å²) in [5.41, 5.74) is 2.00. The molecule has 128 valence electrons. The van der Waals surface area contributed by atoms with Crippen LogP contribution >= 0.6 is 11.6 Å². The summed E-state index contributed by atoms with van der Waals surface area (Å²) in [4.78, 5) is 11.9. The van der Waals surface area contributed by atoms with E-state index in [9.17, 15) is 4.79 Å². The third-order valence-corrected chi connectivity index (χ3v) is 3.95. The molecule has 25 heavy (non-hydrogen) atoms. The second-order valence-electron chi connectivity index (χ2n) is 5.59. The lowest BCUT2D eigenvalue weighted by molar-refractivity contribution is -0.121. The first-order valence-electron chi connectivity index (χ1n) is 8.09. The number of nitrogens with zero attached hydrogens (tertiary/aromatic N) is 2. The molecule has 0 atom stereocenters. The van der Waals surface area contributed by atoms with Crippen LogP contribution in [-0.2, 0) is 17.6 Å². The van der Waals surface area contributed by atoms with Crippen LogP contribution in [0.2, 0.25) is 5.02 Å². The van der Waals surface area contributed by atoms with E-state index in [0.717, 1.165) is 17.5 Å². The zero-order valence-corrected chi connectivity index (χ0v) is 14.4. The number of carbonyl (C=O) groups is 1. The van der Waals surface area contributed by atoms with Gasteiger partial charge < -0.3 is 9.73 Å². The van der Waals surface area contributed by atoms with E-state index in [2.05, 4.69) is 15.5 Å². The molecule has 0 bridgehead atoms. The molecule has 0 fully saturated rings. The van der Waals surface area contributed by atoms with E-state index < -0.39 is 0 Å². The van der Waals surface area contributed by atoms with Crippen molar-refractivity contribution in [2.45, 2.75) is 19.3 Å². The van der Waals surface area contributed by atoms with Gasteiger partial charge in [0, 0.05) is 30.0 Å². The molecule has 0 saturated heterocycles. The van der Waals surface area contributed by atoms with Crippen LogP contribution in [0.4, 0.5) is 0 Å². The minimum absolute atomic E-state index is 0.0339. The van der Waals surface area contributed by atoms with Crippen LogP contribution in [-0.4, -0.2) is 22.6 Å². The normalized spacial score (nSPS) is 10.6. The van der Waals surface area contributed by atoms with Crippen molar-refractivity contribution >= 4 is 17.5 Å². The maximum absolute atomic E-state index is 11.9. The first-order valence-corrected chi connectivity index (χ1v) is 8.47. The number of rotatable bonds is 7. The molecular formula is C19H18ClN3O2. The van der Waals surface area contributed by atoms with Gasteiger partial charge in [0.15, 0.2) is 0 Å². The second-order valence-corrected chi connectivity index (χ2v) is 6.03. The maximum atomic E-state index is 11.9. The first kappa shape index (κ1) is 17.2. The van der Waals surface area contributed by atoms with Gasteiger partial charge in [0.2, 0.25) is 17.7 Å². The molecule has 1 amide bonds. The van der Waals surface area contributed by atoms with Gasteiger partial charge in [0.1, 0.15) is 0 Å². The molecule has 0 radical (unpaired) electrons. The molecule has 0 aliphatic heterocycles. The number of hydrogen-bond acceptors (Lipinski definition) is 4. The monoisotopic (exact) mass is 355 g/mol. The van der Waals surface area contributed by atoms with E-state index in [4.69, 9.17) is 16.0 Å². The predicted octanol–water partition coefficient (Wildman–Crippen LogP) is 3.68. The highest BCUT2D eigenvalue weighted by atomic mass is 35.5. The number of benzene rings is 2. The highest BCUT2D eigenvalue weighted by molar-refractivity contribution is 6.30. The molecule has 5 nitrogen and oxygen atoms in total. The number of carbonyl (C=O) groups excluding carboxylic acids is 1. The summed E-state index contributed by atoms with van der Waals surface area (Å²) in [6.07, 6.45) is 1.51. The van der Waals surface area contributed by atoms with Crippen LogP contribution < -0.4 is 5.32 Å². The number of nitrogens with one attached hydrogen (secondary N) is 1. The van der Waals surface area contributed by atoms with Gasteiger partial charge >= 0.3 is 0 Å². The fourth-order valence-electron chi connectivity index (χ4n) is 2.36. The van der Waals surface area contributed by atoms with Gasteiger partial charge in [-0.2, -0.15) is 0 Å². The second kappa shape index (κ2) is 8.44. The molecule has 0 unspecified atom stereocenters. The number of amides is 1. The van der Waals surface area contributed by atoms with Crippen LogP contribution in [0.15, 0.2) is 59.0 Å². The van der Waals surface area contributed by atoms with Crippen molar-refractivity contribution in [1.82, 2.24) is 15.5 Å². The molecular weight excluding hydrogens is 338 g/mol. The summed E-state index contributed by atoms with van der Waals surface area (Å²) in [6.45, 7) is 0.583. The highest BCUT2D eigenvalue weighted by Crippen LogP contribution is 2.17. The molecule has 1 heterocycles. The minimum atomic E-state index is -0.0339. The lowest BCUT2D eigenvalue weighted by Crippen LogP contribution is -2.25. The Morgan fingerprint density at radius 3 is 2.52 bits per heavy atom. The average molecular weight is 356 g/mol. The molecule has 0 aliphatic rings. The number of hydrogen-bond donors (Lipinski definition) is 1. The lowest BCUT2D eigenvalue weighted by Gasteiger charge is -2.04.